The number of halogens is 1. The van der Waals surface area contributed by atoms with E-state index in [2.05, 4.69) is 10.2 Å². The van der Waals surface area contributed by atoms with E-state index in [1.807, 2.05) is 29.2 Å². The van der Waals surface area contributed by atoms with Crippen LogP contribution < -0.4 is 16.0 Å². The lowest BCUT2D eigenvalue weighted by Gasteiger charge is -2.37. The highest BCUT2D eigenvalue weighted by atomic mass is 35.5. The van der Waals surface area contributed by atoms with Crippen molar-refractivity contribution < 1.29 is 14.4 Å². The molecule has 2 fully saturated rings. The molecule has 1 aromatic rings. The summed E-state index contributed by atoms with van der Waals surface area (Å²) in [5, 5.41) is 1.93. The summed E-state index contributed by atoms with van der Waals surface area (Å²) in [5.41, 5.74) is 7.36. The molecule has 3 N–H and O–H groups in total. The normalized spacial score (nSPS) is 18.5. The number of amides is 3. The minimum Gasteiger partial charge on any atom is -0.367 e. The zero-order valence-electron chi connectivity index (χ0n) is 14.8. The van der Waals surface area contributed by atoms with Gasteiger partial charge in [-0.3, -0.25) is 19.7 Å². The van der Waals surface area contributed by atoms with Crippen molar-refractivity contribution in [1.29, 1.82) is 0 Å². The molecule has 0 aliphatic carbocycles. The van der Waals surface area contributed by atoms with Gasteiger partial charge in [-0.15, -0.1) is 12.4 Å². The molecule has 2 aliphatic heterocycles. The highest BCUT2D eigenvalue weighted by Crippen LogP contribution is 2.30. The van der Waals surface area contributed by atoms with Gasteiger partial charge in [0.2, 0.25) is 5.91 Å². The zero-order valence-corrected chi connectivity index (χ0v) is 16.5. The Morgan fingerprint density at radius 2 is 1.89 bits per heavy atom. The smallest absolute Gasteiger partial charge is 0.290 e. The molecule has 2 aliphatic rings. The number of anilines is 1. The number of nitrogens with one attached hydrogen (secondary N) is 1. The standard InChI is InChI=1S/C18H22N4O3S.ClH/c19-7-3-6-16(23)22-10-8-21(9-11-22)14-5-2-1-4-13(14)12-15-17(24)20-18(25)26-15;/h1-2,4-5,12H,3,6-11,19H2,(H,20,24,25);1H/b15-12-;. The molecule has 3 rings (SSSR count). The van der Waals surface area contributed by atoms with Crippen LogP contribution in [0.5, 0.6) is 0 Å². The van der Waals surface area contributed by atoms with E-state index in [4.69, 9.17) is 5.73 Å². The molecule has 3 amide bonds. The van der Waals surface area contributed by atoms with Crippen molar-refractivity contribution >= 4 is 53.0 Å². The number of nitrogens with two attached hydrogens (primary N) is 1. The van der Waals surface area contributed by atoms with E-state index in [0.717, 1.165) is 36.1 Å². The second kappa shape index (κ2) is 9.77. The van der Waals surface area contributed by atoms with Gasteiger partial charge in [0, 0.05) is 38.3 Å². The first-order chi connectivity index (χ1) is 12.6. The second-order valence-corrected chi connectivity index (χ2v) is 7.19. The maximum atomic E-state index is 12.1. The quantitative estimate of drug-likeness (QED) is 0.719. The van der Waals surface area contributed by atoms with Crippen molar-refractivity contribution in [3.63, 3.8) is 0 Å². The van der Waals surface area contributed by atoms with Gasteiger partial charge >= 0.3 is 0 Å². The maximum absolute atomic E-state index is 12.1. The van der Waals surface area contributed by atoms with Crippen molar-refractivity contribution in [2.75, 3.05) is 37.6 Å². The molecular weight excluding hydrogens is 388 g/mol. The molecule has 1 aromatic carbocycles. The number of hydrogen-bond acceptors (Lipinski definition) is 6. The Labute approximate surface area is 168 Å². The summed E-state index contributed by atoms with van der Waals surface area (Å²) in [5.74, 6) is -0.201. The van der Waals surface area contributed by atoms with E-state index < -0.39 is 0 Å². The van der Waals surface area contributed by atoms with E-state index in [-0.39, 0.29) is 29.5 Å². The van der Waals surface area contributed by atoms with Gasteiger partial charge in [0.05, 0.1) is 4.91 Å². The lowest BCUT2D eigenvalue weighted by Crippen LogP contribution is -2.49. The average Bonchev–Trinajstić information content (AvgIpc) is 2.97. The number of carbonyl (C=O) groups is 3. The van der Waals surface area contributed by atoms with Crippen LogP contribution in [-0.2, 0) is 9.59 Å². The predicted molar refractivity (Wildman–Crippen MR) is 110 cm³/mol. The molecule has 0 bridgehead atoms. The van der Waals surface area contributed by atoms with Crippen LogP contribution in [0.1, 0.15) is 18.4 Å². The van der Waals surface area contributed by atoms with Gasteiger partial charge in [0.25, 0.3) is 11.1 Å². The molecule has 0 unspecified atom stereocenters. The van der Waals surface area contributed by atoms with E-state index in [1.54, 1.807) is 6.08 Å². The van der Waals surface area contributed by atoms with Crippen LogP contribution in [-0.4, -0.2) is 54.7 Å². The van der Waals surface area contributed by atoms with Crippen LogP contribution >= 0.6 is 24.2 Å². The van der Waals surface area contributed by atoms with Gasteiger partial charge in [0.15, 0.2) is 0 Å². The molecule has 2 heterocycles. The van der Waals surface area contributed by atoms with Crippen LogP contribution in [0.25, 0.3) is 6.08 Å². The summed E-state index contributed by atoms with van der Waals surface area (Å²) in [7, 11) is 0. The summed E-state index contributed by atoms with van der Waals surface area (Å²) in [4.78, 5) is 39.8. The third-order valence-corrected chi connectivity index (χ3v) is 5.24. The Morgan fingerprint density at radius 1 is 1.19 bits per heavy atom. The zero-order chi connectivity index (χ0) is 18.5. The lowest BCUT2D eigenvalue weighted by molar-refractivity contribution is -0.131. The molecule has 0 radical (unpaired) electrons. The third-order valence-electron chi connectivity index (χ3n) is 4.43. The molecule has 0 aromatic heterocycles. The summed E-state index contributed by atoms with van der Waals surface area (Å²) in [6.07, 6.45) is 2.96. The predicted octanol–water partition coefficient (Wildman–Crippen LogP) is 1.82. The summed E-state index contributed by atoms with van der Waals surface area (Å²) < 4.78 is 0. The lowest BCUT2D eigenvalue weighted by atomic mass is 10.1. The first kappa shape index (κ1) is 21.3. The number of para-hydroxylation sites is 1. The van der Waals surface area contributed by atoms with Gasteiger partial charge in [-0.05, 0) is 42.4 Å². The largest absolute Gasteiger partial charge is 0.367 e. The number of hydrogen-bond donors (Lipinski definition) is 2. The average molecular weight is 411 g/mol. The Balaban J connectivity index is 0.00000261. The topological polar surface area (TPSA) is 95.7 Å². The number of rotatable bonds is 5. The molecule has 0 spiro atoms. The first-order valence-electron chi connectivity index (χ1n) is 8.65. The minimum absolute atomic E-state index is 0. The highest BCUT2D eigenvalue weighted by Gasteiger charge is 2.26. The second-order valence-electron chi connectivity index (χ2n) is 6.17. The fourth-order valence-electron chi connectivity index (χ4n) is 3.07. The Kier molecular flexibility index (Phi) is 7.70. The number of carbonyl (C=O) groups excluding carboxylic acids is 3. The van der Waals surface area contributed by atoms with Gasteiger partial charge in [-0.25, -0.2) is 0 Å². The van der Waals surface area contributed by atoms with Gasteiger partial charge in [-0.1, -0.05) is 18.2 Å². The first-order valence-corrected chi connectivity index (χ1v) is 9.47. The van der Waals surface area contributed by atoms with Crippen molar-refractivity contribution in [3.8, 4) is 0 Å². The van der Waals surface area contributed by atoms with Crippen LogP contribution in [0.4, 0.5) is 10.5 Å². The van der Waals surface area contributed by atoms with Crippen LogP contribution in [0.3, 0.4) is 0 Å². The van der Waals surface area contributed by atoms with Crippen LogP contribution in [0.15, 0.2) is 29.2 Å². The van der Waals surface area contributed by atoms with Crippen LogP contribution in [0.2, 0.25) is 0 Å². The summed E-state index contributed by atoms with van der Waals surface area (Å²) in [6, 6.07) is 7.78. The van der Waals surface area contributed by atoms with Crippen molar-refractivity contribution in [1.82, 2.24) is 10.2 Å². The van der Waals surface area contributed by atoms with E-state index >= 15 is 0 Å². The Morgan fingerprint density at radius 3 is 2.52 bits per heavy atom. The highest BCUT2D eigenvalue weighted by molar-refractivity contribution is 8.18. The molecular formula is C18H23ClN4O3S. The number of benzene rings is 1. The molecule has 0 saturated carbocycles. The SMILES string of the molecule is Cl.NCCCC(=O)N1CCN(c2ccccc2/C=C2\SC(=O)NC2=O)CC1. The number of piperazine rings is 1. The molecule has 146 valence electrons. The maximum Gasteiger partial charge on any atom is 0.290 e. The van der Waals surface area contributed by atoms with Crippen molar-refractivity contribution in [2.24, 2.45) is 5.73 Å². The van der Waals surface area contributed by atoms with Gasteiger partial charge in [0.1, 0.15) is 0 Å². The molecule has 9 heteroatoms. The fourth-order valence-corrected chi connectivity index (χ4v) is 3.74. The van der Waals surface area contributed by atoms with E-state index in [1.165, 1.54) is 0 Å². The van der Waals surface area contributed by atoms with Crippen molar-refractivity contribution in [3.05, 3.63) is 34.7 Å². The summed E-state index contributed by atoms with van der Waals surface area (Å²) >= 11 is 0.916. The number of imide groups is 1. The summed E-state index contributed by atoms with van der Waals surface area (Å²) in [6.45, 7) is 3.32. The minimum atomic E-state index is -0.356. The Bertz CT molecular complexity index is 748. The molecule has 0 atom stereocenters. The number of thioether (sulfide) groups is 1. The Hall–Kier alpha value is -2.03. The van der Waals surface area contributed by atoms with Crippen LogP contribution in [0, 0.1) is 0 Å². The molecule has 27 heavy (non-hydrogen) atoms. The number of nitrogens with zero attached hydrogens (tertiary/aromatic N) is 2. The molecule has 2 saturated heterocycles. The van der Waals surface area contributed by atoms with E-state index in [0.29, 0.717) is 37.4 Å². The third kappa shape index (κ3) is 5.24. The van der Waals surface area contributed by atoms with Crippen molar-refractivity contribution in [2.45, 2.75) is 12.8 Å². The molecule has 7 nitrogen and oxygen atoms in total. The van der Waals surface area contributed by atoms with Gasteiger partial charge in [-0.2, -0.15) is 0 Å². The monoisotopic (exact) mass is 410 g/mol. The van der Waals surface area contributed by atoms with Gasteiger partial charge < -0.3 is 15.5 Å². The fraction of sp³-hybridized carbons (Fsp3) is 0.389. The van der Waals surface area contributed by atoms with E-state index in [9.17, 15) is 14.4 Å².